The van der Waals surface area contributed by atoms with Crippen LogP contribution in [0.5, 0.6) is 0 Å². The van der Waals surface area contributed by atoms with Crippen molar-refractivity contribution in [3.05, 3.63) is 35.4 Å². The number of nitrogens with zero attached hydrogens (tertiary/aromatic N) is 1. The van der Waals surface area contributed by atoms with Crippen LogP contribution in [0.1, 0.15) is 31.4 Å². The zero-order valence-electron chi connectivity index (χ0n) is 10.9. The molecule has 0 atom stereocenters. The largest absolute Gasteiger partial charge is 0.373 e. The SMILES string of the molecule is CCCc1cc2cccc(CC)c2nc1NC. The topological polar surface area (TPSA) is 24.9 Å². The van der Waals surface area contributed by atoms with Crippen LogP contribution in [0.4, 0.5) is 5.82 Å². The van der Waals surface area contributed by atoms with Crippen molar-refractivity contribution in [3.63, 3.8) is 0 Å². The molecule has 17 heavy (non-hydrogen) atoms. The Labute approximate surface area is 103 Å². The molecule has 2 rings (SSSR count). The molecule has 0 radical (unpaired) electrons. The Morgan fingerprint density at radius 3 is 2.65 bits per heavy atom. The Morgan fingerprint density at radius 1 is 1.18 bits per heavy atom. The molecule has 0 unspecified atom stereocenters. The van der Waals surface area contributed by atoms with Gasteiger partial charge in [-0.25, -0.2) is 4.98 Å². The molecule has 1 N–H and O–H groups in total. The Hall–Kier alpha value is -1.57. The summed E-state index contributed by atoms with van der Waals surface area (Å²) in [5, 5.41) is 4.47. The Morgan fingerprint density at radius 2 is 2.00 bits per heavy atom. The summed E-state index contributed by atoms with van der Waals surface area (Å²) in [4.78, 5) is 4.77. The van der Waals surface area contributed by atoms with E-state index in [1.165, 1.54) is 16.5 Å². The molecule has 0 aliphatic carbocycles. The number of para-hydroxylation sites is 1. The number of anilines is 1. The van der Waals surface area contributed by atoms with E-state index in [0.29, 0.717) is 0 Å². The van der Waals surface area contributed by atoms with E-state index in [1.54, 1.807) is 0 Å². The average Bonchev–Trinajstić information content (AvgIpc) is 2.37. The highest BCUT2D eigenvalue weighted by molar-refractivity contribution is 5.84. The third-order valence-corrected chi connectivity index (χ3v) is 3.15. The number of benzene rings is 1. The minimum Gasteiger partial charge on any atom is -0.373 e. The van der Waals surface area contributed by atoms with E-state index in [0.717, 1.165) is 30.6 Å². The highest BCUT2D eigenvalue weighted by Crippen LogP contribution is 2.24. The monoisotopic (exact) mass is 228 g/mol. The number of pyridine rings is 1. The maximum atomic E-state index is 4.77. The first-order valence-corrected chi connectivity index (χ1v) is 6.39. The van der Waals surface area contributed by atoms with Crippen LogP contribution in [0.3, 0.4) is 0 Å². The maximum absolute atomic E-state index is 4.77. The fourth-order valence-corrected chi connectivity index (χ4v) is 2.27. The maximum Gasteiger partial charge on any atom is 0.129 e. The van der Waals surface area contributed by atoms with Gasteiger partial charge in [-0.05, 0) is 30.0 Å². The van der Waals surface area contributed by atoms with E-state index in [4.69, 9.17) is 4.98 Å². The predicted octanol–water partition coefficient (Wildman–Crippen LogP) is 3.79. The van der Waals surface area contributed by atoms with E-state index in [9.17, 15) is 0 Å². The fraction of sp³-hybridized carbons (Fsp3) is 0.400. The number of nitrogens with one attached hydrogen (secondary N) is 1. The van der Waals surface area contributed by atoms with Gasteiger partial charge in [-0.1, -0.05) is 38.5 Å². The van der Waals surface area contributed by atoms with Crippen LogP contribution in [0.2, 0.25) is 0 Å². The van der Waals surface area contributed by atoms with Gasteiger partial charge >= 0.3 is 0 Å². The lowest BCUT2D eigenvalue weighted by molar-refractivity contribution is 0.918. The molecule has 0 aliphatic rings. The van der Waals surface area contributed by atoms with Crippen LogP contribution in [-0.4, -0.2) is 12.0 Å². The lowest BCUT2D eigenvalue weighted by Gasteiger charge is -2.11. The lowest BCUT2D eigenvalue weighted by Crippen LogP contribution is -2.00. The van der Waals surface area contributed by atoms with Gasteiger partial charge in [0.25, 0.3) is 0 Å². The summed E-state index contributed by atoms with van der Waals surface area (Å²) in [6.07, 6.45) is 3.26. The number of aryl methyl sites for hydroxylation is 2. The number of hydrogen-bond acceptors (Lipinski definition) is 2. The van der Waals surface area contributed by atoms with Gasteiger partial charge in [-0.15, -0.1) is 0 Å². The zero-order valence-corrected chi connectivity index (χ0v) is 10.9. The van der Waals surface area contributed by atoms with Crippen molar-refractivity contribution in [2.24, 2.45) is 0 Å². The van der Waals surface area contributed by atoms with Gasteiger partial charge in [-0.3, -0.25) is 0 Å². The summed E-state index contributed by atoms with van der Waals surface area (Å²) >= 11 is 0. The number of rotatable bonds is 4. The molecule has 2 nitrogen and oxygen atoms in total. The van der Waals surface area contributed by atoms with Crippen molar-refractivity contribution < 1.29 is 0 Å². The highest BCUT2D eigenvalue weighted by atomic mass is 15.0. The van der Waals surface area contributed by atoms with E-state index in [1.807, 2.05) is 7.05 Å². The molecule has 1 aromatic carbocycles. The molecule has 90 valence electrons. The average molecular weight is 228 g/mol. The zero-order chi connectivity index (χ0) is 12.3. The molecular weight excluding hydrogens is 208 g/mol. The van der Waals surface area contributed by atoms with Crippen molar-refractivity contribution in [2.45, 2.75) is 33.1 Å². The summed E-state index contributed by atoms with van der Waals surface area (Å²) in [5.74, 6) is 1.03. The van der Waals surface area contributed by atoms with Gasteiger partial charge in [0, 0.05) is 12.4 Å². The van der Waals surface area contributed by atoms with Crippen LogP contribution in [-0.2, 0) is 12.8 Å². The van der Waals surface area contributed by atoms with Crippen LogP contribution >= 0.6 is 0 Å². The van der Waals surface area contributed by atoms with Gasteiger partial charge in [0.05, 0.1) is 5.52 Å². The summed E-state index contributed by atoms with van der Waals surface area (Å²) in [7, 11) is 1.95. The number of aromatic nitrogens is 1. The van der Waals surface area contributed by atoms with Gasteiger partial charge in [-0.2, -0.15) is 0 Å². The Kier molecular flexibility index (Phi) is 3.62. The summed E-state index contributed by atoms with van der Waals surface area (Å²) in [5.41, 5.74) is 3.78. The van der Waals surface area contributed by atoms with Crippen molar-refractivity contribution in [1.82, 2.24) is 4.98 Å². The summed E-state index contributed by atoms with van der Waals surface area (Å²) < 4.78 is 0. The molecule has 2 heteroatoms. The first kappa shape index (κ1) is 11.9. The van der Waals surface area contributed by atoms with Crippen molar-refractivity contribution >= 4 is 16.7 Å². The number of hydrogen-bond donors (Lipinski definition) is 1. The molecule has 2 aromatic rings. The Bertz CT molecular complexity index is 518. The highest BCUT2D eigenvalue weighted by Gasteiger charge is 2.07. The van der Waals surface area contributed by atoms with E-state index in [2.05, 4.69) is 43.4 Å². The first-order valence-electron chi connectivity index (χ1n) is 6.39. The van der Waals surface area contributed by atoms with Gasteiger partial charge in [0.1, 0.15) is 5.82 Å². The molecule has 1 heterocycles. The van der Waals surface area contributed by atoms with E-state index < -0.39 is 0 Å². The molecular formula is C15H20N2. The first-order chi connectivity index (χ1) is 8.30. The second-order valence-corrected chi connectivity index (χ2v) is 4.34. The number of fused-ring (bicyclic) bond motifs is 1. The smallest absolute Gasteiger partial charge is 0.129 e. The molecule has 0 fully saturated rings. The second-order valence-electron chi connectivity index (χ2n) is 4.34. The molecule has 0 aliphatic heterocycles. The van der Waals surface area contributed by atoms with Crippen LogP contribution < -0.4 is 5.32 Å². The van der Waals surface area contributed by atoms with Crippen molar-refractivity contribution in [1.29, 1.82) is 0 Å². The van der Waals surface area contributed by atoms with E-state index in [-0.39, 0.29) is 0 Å². The van der Waals surface area contributed by atoms with Gasteiger partial charge in [0.2, 0.25) is 0 Å². The quantitative estimate of drug-likeness (QED) is 0.861. The van der Waals surface area contributed by atoms with Crippen LogP contribution in [0.25, 0.3) is 10.9 Å². The van der Waals surface area contributed by atoms with Crippen molar-refractivity contribution in [2.75, 3.05) is 12.4 Å². The Balaban J connectivity index is 2.64. The van der Waals surface area contributed by atoms with Gasteiger partial charge < -0.3 is 5.32 Å². The molecule has 0 spiro atoms. The van der Waals surface area contributed by atoms with Gasteiger partial charge in [0.15, 0.2) is 0 Å². The minimum absolute atomic E-state index is 1.03. The van der Waals surface area contributed by atoms with Crippen LogP contribution in [0, 0.1) is 0 Å². The minimum atomic E-state index is 1.03. The lowest BCUT2D eigenvalue weighted by atomic mass is 10.0. The summed E-state index contributed by atoms with van der Waals surface area (Å²) in [6, 6.07) is 8.71. The molecule has 0 bridgehead atoms. The third kappa shape index (κ3) is 2.26. The second kappa shape index (κ2) is 5.17. The molecule has 1 aromatic heterocycles. The normalized spacial score (nSPS) is 10.8. The summed E-state index contributed by atoms with van der Waals surface area (Å²) in [6.45, 7) is 4.38. The van der Waals surface area contributed by atoms with E-state index >= 15 is 0 Å². The molecule has 0 amide bonds. The van der Waals surface area contributed by atoms with Crippen molar-refractivity contribution in [3.8, 4) is 0 Å². The van der Waals surface area contributed by atoms with Crippen LogP contribution in [0.15, 0.2) is 24.3 Å². The standard InChI is InChI=1S/C15H20N2/c1-4-7-13-10-12-9-6-8-11(5-2)14(12)17-15(13)16-3/h6,8-10H,4-5,7H2,1-3H3,(H,16,17). The molecule has 0 saturated carbocycles. The predicted molar refractivity (Wildman–Crippen MR) is 74.7 cm³/mol. The molecule has 0 saturated heterocycles. The fourth-order valence-electron chi connectivity index (χ4n) is 2.27. The third-order valence-electron chi connectivity index (χ3n) is 3.15.